The second kappa shape index (κ2) is 4.76. The van der Waals surface area contributed by atoms with Gasteiger partial charge in [0.25, 0.3) is 5.88 Å². The standard InChI is InChI=1S/C10H10N4O3/c11-5-7-1-4-13-10(9(7)14(15)16)17-8-2-3-12-6-8/h1,4,8,12H,2-3,6H2. The second-order valence-corrected chi connectivity index (χ2v) is 3.61. The summed E-state index contributed by atoms with van der Waals surface area (Å²) in [5.41, 5.74) is -0.396. The van der Waals surface area contributed by atoms with E-state index in [-0.39, 0.29) is 23.2 Å². The van der Waals surface area contributed by atoms with E-state index < -0.39 is 4.92 Å². The smallest absolute Gasteiger partial charge is 0.348 e. The Bertz CT molecular complexity index is 477. The highest BCUT2D eigenvalue weighted by molar-refractivity contribution is 5.54. The number of nitro groups is 1. The largest absolute Gasteiger partial charge is 0.468 e. The maximum Gasteiger partial charge on any atom is 0.348 e. The van der Waals surface area contributed by atoms with Crippen LogP contribution in [0.25, 0.3) is 0 Å². The van der Waals surface area contributed by atoms with Gasteiger partial charge in [-0.25, -0.2) is 4.98 Å². The minimum absolute atomic E-state index is 0.0362. The minimum atomic E-state index is -0.636. The molecule has 7 nitrogen and oxygen atoms in total. The van der Waals surface area contributed by atoms with Crippen LogP contribution in [0, 0.1) is 21.4 Å². The maximum absolute atomic E-state index is 10.9. The first kappa shape index (κ1) is 11.3. The molecule has 0 aromatic carbocycles. The fraction of sp³-hybridized carbons (Fsp3) is 0.400. The molecule has 1 fully saturated rings. The lowest BCUT2D eigenvalue weighted by Gasteiger charge is -2.11. The van der Waals surface area contributed by atoms with Crippen molar-refractivity contribution in [3.05, 3.63) is 27.9 Å². The molecule has 2 rings (SSSR count). The van der Waals surface area contributed by atoms with Gasteiger partial charge in [0.1, 0.15) is 17.7 Å². The summed E-state index contributed by atoms with van der Waals surface area (Å²) >= 11 is 0. The van der Waals surface area contributed by atoms with Gasteiger partial charge in [0, 0.05) is 12.7 Å². The molecular formula is C10H10N4O3. The molecule has 0 spiro atoms. The number of rotatable bonds is 3. The van der Waals surface area contributed by atoms with Gasteiger partial charge >= 0.3 is 5.69 Å². The lowest BCUT2D eigenvalue weighted by atomic mass is 10.2. The lowest BCUT2D eigenvalue weighted by molar-refractivity contribution is -0.386. The van der Waals surface area contributed by atoms with Crippen molar-refractivity contribution in [2.75, 3.05) is 13.1 Å². The number of pyridine rings is 1. The highest BCUT2D eigenvalue weighted by atomic mass is 16.6. The second-order valence-electron chi connectivity index (χ2n) is 3.61. The average molecular weight is 234 g/mol. The monoisotopic (exact) mass is 234 g/mol. The molecule has 0 radical (unpaired) electrons. The fourth-order valence-electron chi connectivity index (χ4n) is 1.67. The Morgan fingerprint density at radius 1 is 1.71 bits per heavy atom. The molecular weight excluding hydrogens is 224 g/mol. The van der Waals surface area contributed by atoms with Crippen LogP contribution in [0.3, 0.4) is 0 Å². The molecule has 1 unspecified atom stereocenters. The van der Waals surface area contributed by atoms with Crippen molar-refractivity contribution in [1.82, 2.24) is 10.3 Å². The van der Waals surface area contributed by atoms with E-state index in [1.807, 2.05) is 0 Å². The normalized spacial score (nSPS) is 18.6. The van der Waals surface area contributed by atoms with Gasteiger partial charge < -0.3 is 10.1 Å². The highest BCUT2D eigenvalue weighted by Gasteiger charge is 2.26. The number of nitriles is 1. The van der Waals surface area contributed by atoms with Gasteiger partial charge in [-0.05, 0) is 19.0 Å². The number of nitrogens with one attached hydrogen (secondary N) is 1. The number of ether oxygens (including phenoxy) is 1. The van der Waals surface area contributed by atoms with E-state index in [0.717, 1.165) is 13.0 Å². The van der Waals surface area contributed by atoms with Crippen LogP contribution in [0.5, 0.6) is 5.88 Å². The molecule has 0 amide bonds. The lowest BCUT2D eigenvalue weighted by Crippen LogP contribution is -2.20. The third kappa shape index (κ3) is 2.32. The Kier molecular flexibility index (Phi) is 3.16. The van der Waals surface area contributed by atoms with Gasteiger partial charge in [0.15, 0.2) is 0 Å². The van der Waals surface area contributed by atoms with Crippen molar-refractivity contribution in [1.29, 1.82) is 5.26 Å². The van der Waals surface area contributed by atoms with Gasteiger partial charge in [-0.1, -0.05) is 0 Å². The van der Waals surface area contributed by atoms with Crippen molar-refractivity contribution in [3.8, 4) is 11.9 Å². The SMILES string of the molecule is N#Cc1ccnc(OC2CCNC2)c1[N+](=O)[O-]. The third-order valence-electron chi connectivity index (χ3n) is 2.49. The number of aromatic nitrogens is 1. The average Bonchev–Trinajstić information content (AvgIpc) is 2.81. The Balaban J connectivity index is 2.32. The van der Waals surface area contributed by atoms with Crippen LogP contribution in [0.15, 0.2) is 12.3 Å². The van der Waals surface area contributed by atoms with Crippen LogP contribution in [0.2, 0.25) is 0 Å². The summed E-state index contributed by atoms with van der Waals surface area (Å²) in [4.78, 5) is 14.1. The van der Waals surface area contributed by atoms with Gasteiger partial charge in [-0.15, -0.1) is 0 Å². The Hall–Kier alpha value is -2.20. The zero-order valence-electron chi connectivity index (χ0n) is 8.92. The quantitative estimate of drug-likeness (QED) is 0.607. The van der Waals surface area contributed by atoms with Crippen LogP contribution >= 0.6 is 0 Å². The van der Waals surface area contributed by atoms with E-state index in [4.69, 9.17) is 10.00 Å². The predicted molar refractivity (Wildman–Crippen MR) is 57.5 cm³/mol. The molecule has 1 aliphatic heterocycles. The summed E-state index contributed by atoms with van der Waals surface area (Å²) in [6.07, 6.45) is 1.98. The Morgan fingerprint density at radius 2 is 2.53 bits per heavy atom. The van der Waals surface area contributed by atoms with Gasteiger partial charge in [-0.2, -0.15) is 5.26 Å². The minimum Gasteiger partial charge on any atom is -0.468 e. The Labute approximate surface area is 97.2 Å². The van der Waals surface area contributed by atoms with Crippen LogP contribution in [0.4, 0.5) is 5.69 Å². The van der Waals surface area contributed by atoms with E-state index >= 15 is 0 Å². The van der Waals surface area contributed by atoms with Crippen molar-refractivity contribution in [3.63, 3.8) is 0 Å². The molecule has 1 aromatic heterocycles. The molecule has 1 saturated heterocycles. The fourth-order valence-corrected chi connectivity index (χ4v) is 1.67. The van der Waals surface area contributed by atoms with Crippen molar-refractivity contribution in [2.45, 2.75) is 12.5 Å². The van der Waals surface area contributed by atoms with Crippen molar-refractivity contribution in [2.24, 2.45) is 0 Å². The first-order chi connectivity index (χ1) is 8.22. The van der Waals surface area contributed by atoms with Gasteiger partial charge in [0.2, 0.25) is 0 Å². The van der Waals surface area contributed by atoms with Crippen LogP contribution < -0.4 is 10.1 Å². The maximum atomic E-state index is 10.9. The van der Waals surface area contributed by atoms with Gasteiger partial charge in [-0.3, -0.25) is 10.1 Å². The molecule has 1 N–H and O–H groups in total. The van der Waals surface area contributed by atoms with E-state index in [1.54, 1.807) is 6.07 Å². The van der Waals surface area contributed by atoms with Crippen molar-refractivity contribution >= 4 is 5.69 Å². The summed E-state index contributed by atoms with van der Waals surface area (Å²) in [6.45, 7) is 1.45. The topological polar surface area (TPSA) is 101 Å². The van der Waals surface area contributed by atoms with Crippen LogP contribution in [-0.4, -0.2) is 29.1 Å². The summed E-state index contributed by atoms with van der Waals surface area (Å²) in [7, 11) is 0. The zero-order valence-corrected chi connectivity index (χ0v) is 8.92. The third-order valence-corrected chi connectivity index (χ3v) is 2.49. The molecule has 2 heterocycles. The molecule has 0 saturated carbocycles. The highest BCUT2D eigenvalue weighted by Crippen LogP contribution is 2.29. The summed E-state index contributed by atoms with van der Waals surface area (Å²) in [5, 5.41) is 22.8. The molecule has 1 aliphatic rings. The summed E-state index contributed by atoms with van der Waals surface area (Å²) in [5.74, 6) is -0.0808. The van der Waals surface area contributed by atoms with E-state index in [9.17, 15) is 10.1 Å². The molecule has 88 valence electrons. The van der Waals surface area contributed by atoms with Gasteiger partial charge in [0.05, 0.1) is 4.92 Å². The Morgan fingerprint density at radius 3 is 3.12 bits per heavy atom. The molecule has 7 heteroatoms. The molecule has 1 atom stereocenters. The number of hydrogen-bond donors (Lipinski definition) is 1. The zero-order chi connectivity index (χ0) is 12.3. The molecule has 17 heavy (non-hydrogen) atoms. The van der Waals surface area contributed by atoms with Crippen LogP contribution in [0.1, 0.15) is 12.0 Å². The first-order valence-electron chi connectivity index (χ1n) is 5.13. The predicted octanol–water partition coefficient (Wildman–Crippen LogP) is 0.602. The van der Waals surface area contributed by atoms with E-state index in [2.05, 4.69) is 10.3 Å². The first-order valence-corrected chi connectivity index (χ1v) is 5.13. The van der Waals surface area contributed by atoms with Crippen LogP contribution in [-0.2, 0) is 0 Å². The summed E-state index contributed by atoms with van der Waals surface area (Å²) < 4.78 is 5.44. The van der Waals surface area contributed by atoms with Crippen molar-refractivity contribution < 1.29 is 9.66 Å². The molecule has 0 bridgehead atoms. The molecule has 0 aliphatic carbocycles. The summed E-state index contributed by atoms with van der Waals surface area (Å²) in [6, 6.07) is 3.07. The number of hydrogen-bond acceptors (Lipinski definition) is 6. The van der Waals surface area contributed by atoms with E-state index in [0.29, 0.717) is 6.54 Å². The number of nitrogens with zero attached hydrogens (tertiary/aromatic N) is 3. The van der Waals surface area contributed by atoms with E-state index in [1.165, 1.54) is 12.3 Å². The molecule has 1 aromatic rings.